The minimum atomic E-state index is -0.487. The van der Waals surface area contributed by atoms with Crippen molar-refractivity contribution in [3.8, 4) is 0 Å². The van der Waals surface area contributed by atoms with Crippen molar-refractivity contribution < 1.29 is 9.34 Å². The molecule has 1 atom stereocenters. The van der Waals surface area contributed by atoms with Crippen molar-refractivity contribution in [2.45, 2.75) is 25.8 Å². The first kappa shape index (κ1) is 13.9. The van der Waals surface area contributed by atoms with E-state index in [-0.39, 0.29) is 17.4 Å². The summed E-state index contributed by atoms with van der Waals surface area (Å²) in [6, 6.07) is 8.68. The minimum absolute atomic E-state index is 0.0706. The number of benzene rings is 1. The van der Waals surface area contributed by atoms with Crippen LogP contribution in [-0.2, 0) is 6.42 Å². The molecule has 1 aromatic heterocycles. The first-order valence-corrected chi connectivity index (χ1v) is 6.39. The fraction of sp³-hybridized carbons (Fsp3) is 0.286. The van der Waals surface area contributed by atoms with Gasteiger partial charge in [-0.05, 0) is 37.6 Å². The third kappa shape index (κ3) is 3.50. The van der Waals surface area contributed by atoms with Crippen LogP contribution in [0.25, 0.3) is 0 Å². The standard InChI is InChI=1S/C14H17N3O3/c1-10(4-6-12-3-2-8-20-12)16-11-5-7-14(17(18)19)13(15)9-11/h2-3,5,7-10,16H,4,6,15H2,1H3. The molecule has 1 aromatic carbocycles. The third-order valence-corrected chi connectivity index (χ3v) is 3.04. The zero-order valence-electron chi connectivity index (χ0n) is 11.2. The Bertz CT molecular complexity index is 581. The summed E-state index contributed by atoms with van der Waals surface area (Å²) < 4.78 is 5.27. The number of furan rings is 1. The molecule has 1 unspecified atom stereocenters. The highest BCUT2D eigenvalue weighted by atomic mass is 16.6. The van der Waals surface area contributed by atoms with Gasteiger partial charge in [0.25, 0.3) is 5.69 Å². The van der Waals surface area contributed by atoms with Gasteiger partial charge in [-0.2, -0.15) is 0 Å². The van der Waals surface area contributed by atoms with Crippen LogP contribution >= 0.6 is 0 Å². The van der Waals surface area contributed by atoms with E-state index in [1.165, 1.54) is 6.07 Å². The molecule has 3 N–H and O–H groups in total. The lowest BCUT2D eigenvalue weighted by Crippen LogP contribution is -2.16. The van der Waals surface area contributed by atoms with Crippen LogP contribution in [0.1, 0.15) is 19.1 Å². The van der Waals surface area contributed by atoms with Gasteiger partial charge in [-0.3, -0.25) is 10.1 Å². The lowest BCUT2D eigenvalue weighted by molar-refractivity contribution is -0.383. The van der Waals surface area contributed by atoms with Gasteiger partial charge in [0, 0.05) is 24.2 Å². The van der Waals surface area contributed by atoms with Gasteiger partial charge in [0.15, 0.2) is 0 Å². The summed E-state index contributed by atoms with van der Waals surface area (Å²) in [7, 11) is 0. The molecule has 0 amide bonds. The van der Waals surface area contributed by atoms with Gasteiger partial charge in [0.1, 0.15) is 11.4 Å². The van der Waals surface area contributed by atoms with Crippen molar-refractivity contribution in [2.75, 3.05) is 11.1 Å². The number of nitrogens with one attached hydrogen (secondary N) is 1. The van der Waals surface area contributed by atoms with Crippen molar-refractivity contribution in [1.29, 1.82) is 0 Å². The van der Waals surface area contributed by atoms with Gasteiger partial charge >= 0.3 is 0 Å². The second-order valence-electron chi connectivity index (χ2n) is 4.69. The second kappa shape index (κ2) is 6.10. The Morgan fingerprint density at radius 1 is 1.45 bits per heavy atom. The zero-order chi connectivity index (χ0) is 14.5. The van der Waals surface area contributed by atoms with Crippen LogP contribution in [0.15, 0.2) is 41.0 Å². The molecule has 0 saturated heterocycles. The first-order chi connectivity index (χ1) is 9.56. The molecule has 0 bridgehead atoms. The molecule has 0 aliphatic carbocycles. The zero-order valence-corrected chi connectivity index (χ0v) is 11.2. The van der Waals surface area contributed by atoms with E-state index in [4.69, 9.17) is 10.2 Å². The van der Waals surface area contributed by atoms with Crippen molar-refractivity contribution in [1.82, 2.24) is 0 Å². The fourth-order valence-electron chi connectivity index (χ4n) is 1.98. The monoisotopic (exact) mass is 275 g/mol. The number of aryl methyl sites for hydroxylation is 1. The average molecular weight is 275 g/mol. The lowest BCUT2D eigenvalue weighted by Gasteiger charge is -2.15. The SMILES string of the molecule is CC(CCc1ccco1)Nc1ccc([N+](=O)[O-])c(N)c1. The number of anilines is 2. The van der Waals surface area contributed by atoms with Crippen molar-refractivity contribution in [3.63, 3.8) is 0 Å². The number of nitro benzene ring substituents is 1. The van der Waals surface area contributed by atoms with E-state index in [0.29, 0.717) is 0 Å². The van der Waals surface area contributed by atoms with E-state index in [2.05, 4.69) is 5.32 Å². The van der Waals surface area contributed by atoms with Gasteiger partial charge in [-0.15, -0.1) is 0 Å². The van der Waals surface area contributed by atoms with Crippen molar-refractivity contribution >= 4 is 17.1 Å². The maximum absolute atomic E-state index is 10.7. The summed E-state index contributed by atoms with van der Waals surface area (Å²) in [5, 5.41) is 14.0. The summed E-state index contributed by atoms with van der Waals surface area (Å²) >= 11 is 0. The van der Waals surface area contributed by atoms with Crippen LogP contribution in [0, 0.1) is 10.1 Å². The molecule has 106 valence electrons. The molecular weight excluding hydrogens is 258 g/mol. The Morgan fingerprint density at radius 3 is 2.85 bits per heavy atom. The molecule has 0 radical (unpaired) electrons. The van der Waals surface area contributed by atoms with Crippen LogP contribution in [0.4, 0.5) is 17.1 Å². The van der Waals surface area contributed by atoms with Crippen molar-refractivity contribution in [2.24, 2.45) is 0 Å². The maximum Gasteiger partial charge on any atom is 0.292 e. The maximum atomic E-state index is 10.7. The molecule has 6 heteroatoms. The van der Waals surface area contributed by atoms with Crippen LogP contribution in [0.5, 0.6) is 0 Å². The molecule has 6 nitrogen and oxygen atoms in total. The van der Waals surface area contributed by atoms with E-state index in [9.17, 15) is 10.1 Å². The van der Waals surface area contributed by atoms with Crippen LogP contribution in [0.2, 0.25) is 0 Å². The second-order valence-corrected chi connectivity index (χ2v) is 4.69. The molecular formula is C14H17N3O3. The summed E-state index contributed by atoms with van der Waals surface area (Å²) in [6.45, 7) is 2.04. The number of hydrogen-bond donors (Lipinski definition) is 2. The lowest BCUT2D eigenvalue weighted by atomic mass is 10.1. The Morgan fingerprint density at radius 2 is 2.25 bits per heavy atom. The Balaban J connectivity index is 1.92. The van der Waals surface area contributed by atoms with E-state index >= 15 is 0 Å². The molecule has 2 rings (SSSR count). The Hall–Kier alpha value is -2.50. The highest BCUT2D eigenvalue weighted by Gasteiger charge is 2.12. The van der Waals surface area contributed by atoms with Crippen molar-refractivity contribution in [3.05, 3.63) is 52.5 Å². The molecule has 1 heterocycles. The topological polar surface area (TPSA) is 94.3 Å². The van der Waals surface area contributed by atoms with Crippen LogP contribution < -0.4 is 11.1 Å². The summed E-state index contributed by atoms with van der Waals surface area (Å²) in [4.78, 5) is 10.2. The average Bonchev–Trinajstić information content (AvgIpc) is 2.89. The molecule has 0 aliphatic rings. The van der Waals surface area contributed by atoms with E-state index in [0.717, 1.165) is 24.3 Å². The molecule has 20 heavy (non-hydrogen) atoms. The predicted molar refractivity (Wildman–Crippen MR) is 77.6 cm³/mol. The number of nitrogen functional groups attached to an aromatic ring is 1. The minimum Gasteiger partial charge on any atom is -0.469 e. The summed E-state index contributed by atoms with van der Waals surface area (Å²) in [5.74, 6) is 0.946. The molecule has 0 saturated carbocycles. The molecule has 0 spiro atoms. The Kier molecular flexibility index (Phi) is 4.24. The number of hydrogen-bond acceptors (Lipinski definition) is 5. The Labute approximate surface area is 116 Å². The summed E-state index contributed by atoms with van der Waals surface area (Å²) in [5.41, 5.74) is 6.52. The van der Waals surface area contributed by atoms with Gasteiger partial charge in [0.05, 0.1) is 11.2 Å². The highest BCUT2D eigenvalue weighted by molar-refractivity contribution is 5.66. The molecule has 0 fully saturated rings. The van der Waals surface area contributed by atoms with Gasteiger partial charge < -0.3 is 15.5 Å². The number of nitro groups is 1. The van der Waals surface area contributed by atoms with Gasteiger partial charge in [0.2, 0.25) is 0 Å². The quantitative estimate of drug-likeness (QED) is 0.479. The highest BCUT2D eigenvalue weighted by Crippen LogP contribution is 2.25. The van der Waals surface area contributed by atoms with E-state index in [1.54, 1.807) is 18.4 Å². The number of nitrogens with two attached hydrogens (primary N) is 1. The fourth-order valence-corrected chi connectivity index (χ4v) is 1.98. The largest absolute Gasteiger partial charge is 0.469 e. The van der Waals surface area contributed by atoms with Crippen LogP contribution in [-0.4, -0.2) is 11.0 Å². The summed E-state index contributed by atoms with van der Waals surface area (Å²) in [6.07, 6.45) is 3.39. The number of rotatable bonds is 6. The predicted octanol–water partition coefficient (Wildman–Crippen LogP) is 3.20. The van der Waals surface area contributed by atoms with E-state index < -0.39 is 4.92 Å². The van der Waals surface area contributed by atoms with Gasteiger partial charge in [-0.25, -0.2) is 0 Å². The normalized spacial score (nSPS) is 12.1. The number of nitrogens with zero attached hydrogens (tertiary/aromatic N) is 1. The third-order valence-electron chi connectivity index (χ3n) is 3.04. The van der Waals surface area contributed by atoms with Gasteiger partial charge in [-0.1, -0.05) is 0 Å². The molecule has 2 aromatic rings. The smallest absolute Gasteiger partial charge is 0.292 e. The first-order valence-electron chi connectivity index (χ1n) is 6.39. The molecule has 0 aliphatic heterocycles. The van der Waals surface area contributed by atoms with E-state index in [1.807, 2.05) is 19.1 Å². The van der Waals surface area contributed by atoms with Crippen LogP contribution in [0.3, 0.4) is 0 Å².